The SMILES string of the molecule is CC1CN(C(=O)CCC2CCCCN2)CC(C)O1. The first-order valence-electron chi connectivity index (χ1n) is 7.32. The number of hydrogen-bond donors (Lipinski definition) is 1. The first-order valence-corrected chi connectivity index (χ1v) is 7.32. The molecule has 0 aromatic heterocycles. The lowest BCUT2D eigenvalue weighted by molar-refractivity contribution is -0.143. The summed E-state index contributed by atoms with van der Waals surface area (Å²) >= 11 is 0. The van der Waals surface area contributed by atoms with Crippen molar-refractivity contribution in [2.75, 3.05) is 19.6 Å². The first-order chi connectivity index (χ1) is 8.65. The summed E-state index contributed by atoms with van der Waals surface area (Å²) in [5.41, 5.74) is 0. The summed E-state index contributed by atoms with van der Waals surface area (Å²) in [4.78, 5) is 14.1. The standard InChI is InChI=1S/C14H26N2O2/c1-11-9-16(10-12(2)18-11)14(17)7-6-13-5-3-4-8-15-13/h11-13,15H,3-10H2,1-2H3. The molecule has 4 nitrogen and oxygen atoms in total. The van der Waals surface area contributed by atoms with Crippen molar-refractivity contribution in [3.05, 3.63) is 0 Å². The molecule has 4 heteroatoms. The van der Waals surface area contributed by atoms with Gasteiger partial charge in [-0.15, -0.1) is 0 Å². The maximum Gasteiger partial charge on any atom is 0.222 e. The summed E-state index contributed by atoms with van der Waals surface area (Å²) < 4.78 is 5.65. The predicted molar refractivity (Wildman–Crippen MR) is 71.5 cm³/mol. The number of piperidine rings is 1. The van der Waals surface area contributed by atoms with Crippen LogP contribution in [0.25, 0.3) is 0 Å². The van der Waals surface area contributed by atoms with Gasteiger partial charge in [-0.2, -0.15) is 0 Å². The van der Waals surface area contributed by atoms with Crippen molar-refractivity contribution < 1.29 is 9.53 Å². The van der Waals surface area contributed by atoms with Gasteiger partial charge < -0.3 is 15.0 Å². The zero-order chi connectivity index (χ0) is 13.0. The fourth-order valence-corrected chi connectivity index (χ4v) is 3.01. The molecule has 1 amide bonds. The molecule has 1 N–H and O–H groups in total. The van der Waals surface area contributed by atoms with E-state index in [-0.39, 0.29) is 12.2 Å². The van der Waals surface area contributed by atoms with Gasteiger partial charge in [0, 0.05) is 25.6 Å². The maximum atomic E-state index is 12.2. The number of ether oxygens (including phenoxy) is 1. The van der Waals surface area contributed by atoms with Crippen LogP contribution in [0.3, 0.4) is 0 Å². The Morgan fingerprint density at radius 3 is 2.61 bits per heavy atom. The fraction of sp³-hybridized carbons (Fsp3) is 0.929. The molecule has 3 unspecified atom stereocenters. The van der Waals surface area contributed by atoms with Crippen molar-refractivity contribution in [2.45, 2.75) is 64.2 Å². The molecule has 0 saturated carbocycles. The molecule has 0 aromatic rings. The highest BCUT2D eigenvalue weighted by atomic mass is 16.5. The average Bonchev–Trinajstić information content (AvgIpc) is 2.36. The Kier molecular flexibility index (Phi) is 5.01. The van der Waals surface area contributed by atoms with Gasteiger partial charge >= 0.3 is 0 Å². The third-order valence-corrected chi connectivity index (χ3v) is 3.89. The second-order valence-corrected chi connectivity index (χ2v) is 5.74. The molecule has 2 fully saturated rings. The zero-order valence-electron chi connectivity index (χ0n) is 11.7. The van der Waals surface area contributed by atoms with E-state index in [0.29, 0.717) is 18.4 Å². The Labute approximate surface area is 110 Å². The quantitative estimate of drug-likeness (QED) is 0.831. The molecule has 2 heterocycles. The number of hydrogen-bond acceptors (Lipinski definition) is 3. The van der Waals surface area contributed by atoms with Gasteiger partial charge in [-0.3, -0.25) is 4.79 Å². The van der Waals surface area contributed by atoms with Gasteiger partial charge in [0.05, 0.1) is 12.2 Å². The van der Waals surface area contributed by atoms with Crippen molar-refractivity contribution in [3.8, 4) is 0 Å². The van der Waals surface area contributed by atoms with E-state index in [4.69, 9.17) is 4.74 Å². The van der Waals surface area contributed by atoms with Gasteiger partial charge in [0.15, 0.2) is 0 Å². The van der Waals surface area contributed by atoms with E-state index < -0.39 is 0 Å². The molecule has 0 aliphatic carbocycles. The van der Waals surface area contributed by atoms with Gasteiger partial charge in [0.2, 0.25) is 5.91 Å². The third-order valence-electron chi connectivity index (χ3n) is 3.89. The molecule has 2 saturated heterocycles. The molecule has 18 heavy (non-hydrogen) atoms. The number of carbonyl (C=O) groups is 1. The minimum atomic E-state index is 0.172. The molecule has 3 atom stereocenters. The van der Waals surface area contributed by atoms with Gasteiger partial charge in [-0.05, 0) is 39.7 Å². The minimum Gasteiger partial charge on any atom is -0.372 e. The lowest BCUT2D eigenvalue weighted by Gasteiger charge is -2.35. The molecule has 2 aliphatic rings. The lowest BCUT2D eigenvalue weighted by Crippen LogP contribution is -2.48. The molecule has 0 radical (unpaired) electrons. The zero-order valence-corrected chi connectivity index (χ0v) is 11.7. The van der Waals surface area contributed by atoms with E-state index in [1.54, 1.807) is 0 Å². The van der Waals surface area contributed by atoms with Gasteiger partial charge in [-0.25, -0.2) is 0 Å². The van der Waals surface area contributed by atoms with E-state index in [1.807, 2.05) is 18.7 Å². The van der Waals surface area contributed by atoms with Crippen LogP contribution in [0, 0.1) is 0 Å². The van der Waals surface area contributed by atoms with E-state index in [0.717, 1.165) is 26.1 Å². The number of rotatable bonds is 3. The molecule has 2 rings (SSSR count). The monoisotopic (exact) mass is 254 g/mol. The normalized spacial score (nSPS) is 33.4. The number of nitrogens with zero attached hydrogens (tertiary/aromatic N) is 1. The summed E-state index contributed by atoms with van der Waals surface area (Å²) in [5, 5.41) is 3.50. The Morgan fingerprint density at radius 2 is 2.00 bits per heavy atom. The van der Waals surface area contributed by atoms with Crippen molar-refractivity contribution in [3.63, 3.8) is 0 Å². The van der Waals surface area contributed by atoms with Crippen molar-refractivity contribution in [1.29, 1.82) is 0 Å². The minimum absolute atomic E-state index is 0.172. The smallest absolute Gasteiger partial charge is 0.222 e. The highest BCUT2D eigenvalue weighted by Gasteiger charge is 2.26. The summed E-state index contributed by atoms with van der Waals surface area (Å²) in [6.07, 6.45) is 5.82. The number of morpholine rings is 1. The summed E-state index contributed by atoms with van der Waals surface area (Å²) in [5.74, 6) is 0.296. The number of nitrogens with one attached hydrogen (secondary N) is 1. The molecule has 104 valence electrons. The van der Waals surface area contributed by atoms with Crippen LogP contribution in [0.5, 0.6) is 0 Å². The lowest BCUT2D eigenvalue weighted by atomic mass is 10.00. The molecular formula is C14H26N2O2. The van der Waals surface area contributed by atoms with Crippen molar-refractivity contribution >= 4 is 5.91 Å². The first kappa shape index (κ1) is 13.8. The van der Waals surface area contributed by atoms with E-state index >= 15 is 0 Å². The molecule has 0 bridgehead atoms. The molecular weight excluding hydrogens is 228 g/mol. The summed E-state index contributed by atoms with van der Waals surface area (Å²) in [6, 6.07) is 0.554. The van der Waals surface area contributed by atoms with Crippen molar-refractivity contribution in [1.82, 2.24) is 10.2 Å². The van der Waals surface area contributed by atoms with Crippen LogP contribution in [0.4, 0.5) is 0 Å². The summed E-state index contributed by atoms with van der Waals surface area (Å²) in [6.45, 7) is 6.70. The summed E-state index contributed by atoms with van der Waals surface area (Å²) in [7, 11) is 0. The Hall–Kier alpha value is -0.610. The third kappa shape index (κ3) is 3.95. The van der Waals surface area contributed by atoms with Crippen LogP contribution in [0.2, 0.25) is 0 Å². The van der Waals surface area contributed by atoms with Crippen LogP contribution in [-0.4, -0.2) is 48.7 Å². The Bertz CT molecular complexity index is 267. The average molecular weight is 254 g/mol. The number of carbonyl (C=O) groups excluding carboxylic acids is 1. The van der Waals surface area contributed by atoms with Crippen LogP contribution in [0.15, 0.2) is 0 Å². The Balaban J connectivity index is 1.73. The van der Waals surface area contributed by atoms with Crippen LogP contribution < -0.4 is 5.32 Å². The van der Waals surface area contributed by atoms with Gasteiger partial charge in [-0.1, -0.05) is 6.42 Å². The van der Waals surface area contributed by atoms with Crippen molar-refractivity contribution in [2.24, 2.45) is 0 Å². The molecule has 0 aromatic carbocycles. The highest BCUT2D eigenvalue weighted by molar-refractivity contribution is 5.76. The maximum absolute atomic E-state index is 12.2. The van der Waals surface area contributed by atoms with E-state index in [9.17, 15) is 4.79 Å². The van der Waals surface area contributed by atoms with Gasteiger partial charge in [0.25, 0.3) is 0 Å². The highest BCUT2D eigenvalue weighted by Crippen LogP contribution is 2.15. The molecule has 2 aliphatic heterocycles. The molecule has 0 spiro atoms. The van der Waals surface area contributed by atoms with E-state index in [1.165, 1.54) is 19.3 Å². The second-order valence-electron chi connectivity index (χ2n) is 5.74. The van der Waals surface area contributed by atoms with E-state index in [2.05, 4.69) is 5.32 Å². The fourth-order valence-electron chi connectivity index (χ4n) is 3.01. The topological polar surface area (TPSA) is 41.6 Å². The predicted octanol–water partition coefficient (Wildman–Crippen LogP) is 1.54. The van der Waals surface area contributed by atoms with Crippen LogP contribution in [-0.2, 0) is 9.53 Å². The van der Waals surface area contributed by atoms with Gasteiger partial charge in [0.1, 0.15) is 0 Å². The Morgan fingerprint density at radius 1 is 1.28 bits per heavy atom. The number of amides is 1. The largest absolute Gasteiger partial charge is 0.372 e. The van der Waals surface area contributed by atoms with Crippen LogP contribution in [0.1, 0.15) is 46.0 Å². The second kappa shape index (κ2) is 6.53. The van der Waals surface area contributed by atoms with Crippen LogP contribution >= 0.6 is 0 Å².